The van der Waals surface area contributed by atoms with Crippen LogP contribution in [0.15, 0.2) is 71.6 Å². The molecule has 0 saturated carbocycles. The van der Waals surface area contributed by atoms with Crippen molar-refractivity contribution in [1.82, 2.24) is 4.72 Å². The number of aryl methyl sites for hydroxylation is 3. The molecule has 0 aliphatic heterocycles. The summed E-state index contributed by atoms with van der Waals surface area (Å²) in [7, 11) is -3.98. The third-order valence-electron chi connectivity index (χ3n) is 5.31. The molecule has 0 saturated heterocycles. The standard InChI is InChI=1S/C26H28N2O4S/c1-17-13-18(2)25(19(3)14-17)33(31,32)28-24(15-21-9-6-5-7-10-21)26(30)27-23-12-8-11-22(16-23)20(4)29/h5-14,16,24,28H,15H2,1-4H3,(H,27,30). The number of sulfonamides is 1. The fraction of sp³-hybridized carbons (Fsp3) is 0.231. The average molecular weight is 465 g/mol. The van der Waals surface area contributed by atoms with E-state index in [0.29, 0.717) is 22.4 Å². The summed E-state index contributed by atoms with van der Waals surface area (Å²) in [6, 6.07) is 18.3. The molecule has 6 nitrogen and oxygen atoms in total. The molecule has 0 bridgehead atoms. The van der Waals surface area contributed by atoms with E-state index in [0.717, 1.165) is 11.1 Å². The molecule has 0 aliphatic carbocycles. The Kier molecular flexibility index (Phi) is 7.46. The lowest BCUT2D eigenvalue weighted by Gasteiger charge is -2.21. The third kappa shape index (κ3) is 6.15. The summed E-state index contributed by atoms with van der Waals surface area (Å²) in [6.07, 6.45) is 0.169. The number of amides is 1. The van der Waals surface area contributed by atoms with Crippen LogP contribution in [0, 0.1) is 20.8 Å². The van der Waals surface area contributed by atoms with Gasteiger partial charge in [-0.3, -0.25) is 9.59 Å². The topological polar surface area (TPSA) is 92.3 Å². The monoisotopic (exact) mass is 464 g/mol. The summed E-state index contributed by atoms with van der Waals surface area (Å²) in [4.78, 5) is 25.1. The van der Waals surface area contributed by atoms with Crippen molar-refractivity contribution < 1.29 is 18.0 Å². The van der Waals surface area contributed by atoms with Gasteiger partial charge in [-0.25, -0.2) is 8.42 Å². The van der Waals surface area contributed by atoms with Gasteiger partial charge in [-0.2, -0.15) is 4.72 Å². The lowest BCUT2D eigenvalue weighted by molar-refractivity contribution is -0.117. The average Bonchev–Trinajstić information content (AvgIpc) is 2.73. The molecule has 1 unspecified atom stereocenters. The van der Waals surface area contributed by atoms with Crippen LogP contribution in [-0.4, -0.2) is 26.2 Å². The number of nitrogens with one attached hydrogen (secondary N) is 2. The van der Waals surface area contributed by atoms with Crippen LogP contribution in [0.4, 0.5) is 5.69 Å². The first kappa shape index (κ1) is 24.4. The van der Waals surface area contributed by atoms with Crippen LogP contribution in [0.3, 0.4) is 0 Å². The zero-order valence-electron chi connectivity index (χ0n) is 19.2. The van der Waals surface area contributed by atoms with E-state index in [4.69, 9.17) is 0 Å². The van der Waals surface area contributed by atoms with Crippen molar-refractivity contribution >= 4 is 27.4 Å². The number of carbonyl (C=O) groups excluding carboxylic acids is 2. The van der Waals surface area contributed by atoms with Crippen molar-refractivity contribution in [1.29, 1.82) is 0 Å². The van der Waals surface area contributed by atoms with Gasteiger partial charge in [0, 0.05) is 11.3 Å². The normalized spacial score (nSPS) is 12.2. The molecular weight excluding hydrogens is 436 g/mol. The molecule has 0 aromatic heterocycles. The molecule has 3 rings (SSSR count). The summed E-state index contributed by atoms with van der Waals surface area (Å²) in [5.41, 5.74) is 3.90. The summed E-state index contributed by atoms with van der Waals surface area (Å²) < 4.78 is 29.3. The largest absolute Gasteiger partial charge is 0.325 e. The third-order valence-corrected chi connectivity index (χ3v) is 7.08. The van der Waals surface area contributed by atoms with Gasteiger partial charge in [-0.05, 0) is 62.9 Å². The van der Waals surface area contributed by atoms with Crippen LogP contribution < -0.4 is 10.0 Å². The number of rotatable bonds is 8. The fourth-order valence-corrected chi connectivity index (χ4v) is 5.57. The van der Waals surface area contributed by atoms with Crippen LogP contribution >= 0.6 is 0 Å². The Labute approximate surface area is 195 Å². The van der Waals surface area contributed by atoms with Crippen LogP contribution in [-0.2, 0) is 21.2 Å². The van der Waals surface area contributed by atoms with Crippen molar-refractivity contribution in [2.24, 2.45) is 0 Å². The molecule has 1 amide bonds. The second-order valence-corrected chi connectivity index (χ2v) is 9.87. The molecule has 0 fully saturated rings. The molecule has 0 heterocycles. The highest BCUT2D eigenvalue weighted by Crippen LogP contribution is 2.22. The van der Waals surface area contributed by atoms with E-state index in [1.54, 1.807) is 50.2 Å². The molecule has 33 heavy (non-hydrogen) atoms. The maximum Gasteiger partial charge on any atom is 0.242 e. The number of benzene rings is 3. The van der Waals surface area contributed by atoms with Crippen LogP contribution in [0.5, 0.6) is 0 Å². The summed E-state index contributed by atoms with van der Waals surface area (Å²) in [5, 5.41) is 2.75. The van der Waals surface area contributed by atoms with E-state index >= 15 is 0 Å². The van der Waals surface area contributed by atoms with Gasteiger partial charge >= 0.3 is 0 Å². The van der Waals surface area contributed by atoms with Gasteiger partial charge in [0.15, 0.2) is 5.78 Å². The first-order valence-corrected chi connectivity index (χ1v) is 12.1. The Morgan fingerprint density at radius 2 is 1.52 bits per heavy atom. The molecule has 0 spiro atoms. The van der Waals surface area contributed by atoms with Gasteiger partial charge in [0.1, 0.15) is 6.04 Å². The zero-order valence-corrected chi connectivity index (χ0v) is 20.0. The lowest BCUT2D eigenvalue weighted by atomic mass is 10.1. The van der Waals surface area contributed by atoms with Crippen molar-refractivity contribution in [3.05, 3.63) is 94.5 Å². The van der Waals surface area contributed by atoms with Crippen LogP contribution in [0.1, 0.15) is 39.5 Å². The van der Waals surface area contributed by atoms with Crippen molar-refractivity contribution in [3.8, 4) is 0 Å². The molecule has 0 aliphatic rings. The van der Waals surface area contributed by atoms with Gasteiger partial charge in [0.2, 0.25) is 15.9 Å². The first-order valence-electron chi connectivity index (χ1n) is 10.6. The minimum atomic E-state index is -3.98. The number of hydrogen-bond donors (Lipinski definition) is 2. The number of ketones is 1. The molecule has 3 aromatic carbocycles. The van der Waals surface area contributed by atoms with E-state index in [1.807, 2.05) is 37.3 Å². The Bertz CT molecular complexity index is 1260. The molecule has 0 radical (unpaired) electrons. The Morgan fingerprint density at radius 1 is 0.879 bits per heavy atom. The predicted molar refractivity (Wildman–Crippen MR) is 130 cm³/mol. The highest BCUT2D eigenvalue weighted by Gasteiger charge is 2.28. The maximum absolute atomic E-state index is 13.4. The Morgan fingerprint density at radius 3 is 2.12 bits per heavy atom. The first-order chi connectivity index (χ1) is 15.6. The summed E-state index contributed by atoms with van der Waals surface area (Å²) >= 11 is 0. The smallest absolute Gasteiger partial charge is 0.242 e. The highest BCUT2D eigenvalue weighted by molar-refractivity contribution is 7.89. The van der Waals surface area contributed by atoms with Crippen molar-refractivity contribution in [2.75, 3.05) is 5.32 Å². The van der Waals surface area contributed by atoms with E-state index in [2.05, 4.69) is 10.0 Å². The lowest BCUT2D eigenvalue weighted by Crippen LogP contribution is -2.45. The molecular formula is C26H28N2O4S. The summed E-state index contributed by atoms with van der Waals surface area (Å²) in [5.74, 6) is -0.636. The number of Topliss-reactive ketones (excluding diaryl/α,β-unsaturated/α-hetero) is 1. The minimum Gasteiger partial charge on any atom is -0.325 e. The van der Waals surface area contributed by atoms with Crippen molar-refractivity contribution in [2.45, 2.75) is 45.1 Å². The molecule has 2 N–H and O–H groups in total. The quantitative estimate of drug-likeness (QED) is 0.485. The Balaban J connectivity index is 1.94. The van der Waals surface area contributed by atoms with Gasteiger partial charge in [-0.15, -0.1) is 0 Å². The van der Waals surface area contributed by atoms with Gasteiger partial charge in [0.25, 0.3) is 0 Å². The second-order valence-electron chi connectivity index (χ2n) is 8.22. The van der Waals surface area contributed by atoms with Crippen LogP contribution in [0.25, 0.3) is 0 Å². The Hall–Kier alpha value is -3.29. The number of hydrogen-bond acceptors (Lipinski definition) is 4. The van der Waals surface area contributed by atoms with Gasteiger partial charge in [-0.1, -0.05) is 60.2 Å². The zero-order chi connectivity index (χ0) is 24.2. The SMILES string of the molecule is CC(=O)c1cccc(NC(=O)C(Cc2ccccc2)NS(=O)(=O)c2c(C)cc(C)cc2C)c1. The van der Waals surface area contributed by atoms with Crippen molar-refractivity contribution in [3.63, 3.8) is 0 Å². The predicted octanol–water partition coefficient (Wildman–Crippen LogP) is 4.34. The summed E-state index contributed by atoms with van der Waals surface area (Å²) in [6.45, 7) is 6.84. The number of anilines is 1. The van der Waals surface area contributed by atoms with E-state index in [1.165, 1.54) is 6.92 Å². The second kappa shape index (κ2) is 10.1. The highest BCUT2D eigenvalue weighted by atomic mass is 32.2. The van der Waals surface area contributed by atoms with E-state index < -0.39 is 22.0 Å². The van der Waals surface area contributed by atoms with E-state index in [9.17, 15) is 18.0 Å². The van der Waals surface area contributed by atoms with E-state index in [-0.39, 0.29) is 17.1 Å². The molecule has 172 valence electrons. The van der Waals surface area contributed by atoms with Crippen LogP contribution in [0.2, 0.25) is 0 Å². The fourth-order valence-electron chi connectivity index (χ4n) is 3.92. The van der Waals surface area contributed by atoms with Gasteiger partial charge < -0.3 is 5.32 Å². The number of carbonyl (C=O) groups is 2. The molecule has 1 atom stereocenters. The minimum absolute atomic E-state index is 0.127. The van der Waals surface area contributed by atoms with Gasteiger partial charge in [0.05, 0.1) is 4.90 Å². The molecule has 7 heteroatoms. The molecule has 3 aromatic rings. The maximum atomic E-state index is 13.4.